The van der Waals surface area contributed by atoms with Crippen molar-refractivity contribution in [2.75, 3.05) is 18.0 Å². The smallest absolute Gasteiger partial charge is 0.163 e. The summed E-state index contributed by atoms with van der Waals surface area (Å²) in [6.45, 7) is 6.15. The van der Waals surface area contributed by atoms with Gasteiger partial charge in [0.2, 0.25) is 0 Å². The highest BCUT2D eigenvalue weighted by Gasteiger charge is 2.14. The fourth-order valence-corrected chi connectivity index (χ4v) is 3.05. The van der Waals surface area contributed by atoms with Gasteiger partial charge >= 0.3 is 0 Å². The number of fused-ring (bicyclic) bond motifs is 1. The lowest BCUT2D eigenvalue weighted by Crippen LogP contribution is -2.23. The first-order valence-electron chi connectivity index (χ1n) is 7.51. The van der Waals surface area contributed by atoms with Crippen molar-refractivity contribution >= 4 is 32.7 Å². The van der Waals surface area contributed by atoms with E-state index in [9.17, 15) is 0 Å². The molecule has 22 heavy (non-hydrogen) atoms. The molecule has 0 aliphatic carbocycles. The second-order valence-electron chi connectivity index (χ2n) is 5.04. The third kappa shape index (κ3) is 2.71. The van der Waals surface area contributed by atoms with Crippen LogP contribution in [0.4, 0.5) is 5.82 Å². The summed E-state index contributed by atoms with van der Waals surface area (Å²) in [6, 6.07) is 16.3. The number of halogens is 1. The molecule has 0 unspecified atom stereocenters. The molecule has 0 saturated heterocycles. The van der Waals surface area contributed by atoms with Crippen molar-refractivity contribution in [3.8, 4) is 11.4 Å². The number of aromatic nitrogens is 2. The van der Waals surface area contributed by atoms with Gasteiger partial charge in [0.25, 0.3) is 0 Å². The molecule has 112 valence electrons. The molecule has 0 atom stereocenters. The van der Waals surface area contributed by atoms with Crippen LogP contribution in [0.2, 0.25) is 0 Å². The Hall–Kier alpha value is -1.94. The van der Waals surface area contributed by atoms with Gasteiger partial charge in [0.1, 0.15) is 5.82 Å². The van der Waals surface area contributed by atoms with E-state index in [1.165, 1.54) is 0 Å². The van der Waals surface area contributed by atoms with Gasteiger partial charge in [0.15, 0.2) is 5.82 Å². The summed E-state index contributed by atoms with van der Waals surface area (Å²) in [5.41, 5.74) is 1.99. The zero-order chi connectivity index (χ0) is 15.5. The number of hydrogen-bond acceptors (Lipinski definition) is 3. The van der Waals surface area contributed by atoms with Gasteiger partial charge in [-0.3, -0.25) is 0 Å². The zero-order valence-corrected chi connectivity index (χ0v) is 14.3. The Morgan fingerprint density at radius 1 is 0.909 bits per heavy atom. The molecule has 3 aromatic rings. The van der Waals surface area contributed by atoms with Crippen LogP contribution >= 0.6 is 15.9 Å². The van der Waals surface area contributed by atoms with Gasteiger partial charge in [-0.05, 0) is 32.0 Å². The summed E-state index contributed by atoms with van der Waals surface area (Å²) >= 11 is 3.60. The number of benzene rings is 2. The first-order valence-corrected chi connectivity index (χ1v) is 8.30. The van der Waals surface area contributed by atoms with Crippen molar-refractivity contribution < 1.29 is 0 Å². The molecule has 0 saturated carbocycles. The lowest BCUT2D eigenvalue weighted by Gasteiger charge is -2.22. The molecular weight excluding hydrogens is 338 g/mol. The van der Waals surface area contributed by atoms with Gasteiger partial charge < -0.3 is 4.90 Å². The monoisotopic (exact) mass is 355 g/mol. The minimum absolute atomic E-state index is 0.757. The van der Waals surface area contributed by atoms with Gasteiger partial charge in [-0.25, -0.2) is 9.97 Å². The molecule has 0 aliphatic heterocycles. The van der Waals surface area contributed by atoms with E-state index in [0.717, 1.165) is 45.7 Å². The Morgan fingerprint density at radius 2 is 1.59 bits per heavy atom. The quantitative estimate of drug-likeness (QED) is 0.665. The maximum atomic E-state index is 4.86. The van der Waals surface area contributed by atoms with E-state index in [2.05, 4.69) is 40.7 Å². The number of para-hydroxylation sites is 1. The van der Waals surface area contributed by atoms with Crippen LogP contribution in [0.5, 0.6) is 0 Å². The average molecular weight is 356 g/mol. The van der Waals surface area contributed by atoms with Crippen molar-refractivity contribution in [3.05, 3.63) is 53.0 Å². The minimum Gasteiger partial charge on any atom is -0.357 e. The highest BCUT2D eigenvalue weighted by Crippen LogP contribution is 2.30. The molecule has 0 N–H and O–H groups in total. The highest BCUT2D eigenvalue weighted by molar-refractivity contribution is 9.10. The van der Waals surface area contributed by atoms with Gasteiger partial charge in [-0.2, -0.15) is 0 Å². The van der Waals surface area contributed by atoms with Gasteiger partial charge in [-0.15, -0.1) is 0 Å². The molecule has 2 aromatic carbocycles. The first kappa shape index (κ1) is 15.0. The molecule has 4 heteroatoms. The average Bonchev–Trinajstić information content (AvgIpc) is 2.56. The standard InChI is InChI=1S/C18H18BrN3/c1-3-22(4-2)18-14-10-6-8-12-16(14)20-17(21-18)13-9-5-7-11-15(13)19/h5-12H,3-4H2,1-2H3. The number of anilines is 1. The second kappa shape index (κ2) is 6.44. The molecule has 0 radical (unpaired) electrons. The topological polar surface area (TPSA) is 29.0 Å². The maximum absolute atomic E-state index is 4.86. The van der Waals surface area contributed by atoms with Crippen LogP contribution < -0.4 is 4.90 Å². The van der Waals surface area contributed by atoms with Crippen LogP contribution in [0.3, 0.4) is 0 Å². The molecule has 0 bridgehead atoms. The molecule has 0 spiro atoms. The molecule has 0 fully saturated rings. The third-order valence-corrected chi connectivity index (χ3v) is 4.45. The maximum Gasteiger partial charge on any atom is 0.163 e. The largest absolute Gasteiger partial charge is 0.357 e. The summed E-state index contributed by atoms with van der Waals surface area (Å²) in [7, 11) is 0. The summed E-state index contributed by atoms with van der Waals surface area (Å²) in [5.74, 6) is 1.76. The molecule has 3 rings (SSSR count). The van der Waals surface area contributed by atoms with Gasteiger partial charge in [0, 0.05) is 28.5 Å². The van der Waals surface area contributed by atoms with Crippen molar-refractivity contribution in [3.63, 3.8) is 0 Å². The van der Waals surface area contributed by atoms with Crippen LogP contribution in [0.15, 0.2) is 53.0 Å². The van der Waals surface area contributed by atoms with E-state index in [-0.39, 0.29) is 0 Å². The van der Waals surface area contributed by atoms with E-state index < -0.39 is 0 Å². The van der Waals surface area contributed by atoms with E-state index in [0.29, 0.717) is 0 Å². The van der Waals surface area contributed by atoms with Crippen molar-refractivity contribution in [1.82, 2.24) is 9.97 Å². The Balaban J connectivity index is 2.27. The van der Waals surface area contributed by atoms with Crippen LogP contribution in [0, 0.1) is 0 Å². The zero-order valence-electron chi connectivity index (χ0n) is 12.8. The fourth-order valence-electron chi connectivity index (χ4n) is 2.59. The van der Waals surface area contributed by atoms with E-state index >= 15 is 0 Å². The second-order valence-corrected chi connectivity index (χ2v) is 5.89. The third-order valence-electron chi connectivity index (χ3n) is 3.76. The highest BCUT2D eigenvalue weighted by atomic mass is 79.9. The van der Waals surface area contributed by atoms with Crippen molar-refractivity contribution in [2.24, 2.45) is 0 Å². The molecular formula is C18H18BrN3. The fraction of sp³-hybridized carbons (Fsp3) is 0.222. The van der Waals surface area contributed by atoms with Crippen LogP contribution in [-0.4, -0.2) is 23.1 Å². The lowest BCUT2D eigenvalue weighted by molar-refractivity contribution is 0.850. The molecule has 0 aliphatic rings. The van der Waals surface area contributed by atoms with Crippen molar-refractivity contribution in [2.45, 2.75) is 13.8 Å². The summed E-state index contributed by atoms with van der Waals surface area (Å²) < 4.78 is 1.01. The SMILES string of the molecule is CCN(CC)c1nc(-c2ccccc2Br)nc2ccccc12. The summed E-state index contributed by atoms with van der Waals surface area (Å²) in [4.78, 5) is 11.9. The Kier molecular flexibility index (Phi) is 4.39. The normalized spacial score (nSPS) is 10.9. The molecule has 1 aromatic heterocycles. The Morgan fingerprint density at radius 3 is 2.32 bits per heavy atom. The Bertz CT molecular complexity index is 797. The Labute approximate surface area is 139 Å². The summed E-state index contributed by atoms with van der Waals surface area (Å²) in [6.07, 6.45) is 0. The van der Waals surface area contributed by atoms with E-state index in [1.54, 1.807) is 0 Å². The number of rotatable bonds is 4. The van der Waals surface area contributed by atoms with Crippen molar-refractivity contribution in [1.29, 1.82) is 0 Å². The van der Waals surface area contributed by atoms with Crippen LogP contribution in [0.1, 0.15) is 13.8 Å². The first-order chi connectivity index (χ1) is 10.7. The van der Waals surface area contributed by atoms with Gasteiger partial charge in [-0.1, -0.05) is 46.3 Å². The lowest BCUT2D eigenvalue weighted by atomic mass is 10.1. The van der Waals surface area contributed by atoms with Gasteiger partial charge in [0.05, 0.1) is 5.52 Å². The minimum atomic E-state index is 0.757. The van der Waals surface area contributed by atoms with Crippen LogP contribution in [-0.2, 0) is 0 Å². The predicted molar refractivity (Wildman–Crippen MR) is 96.2 cm³/mol. The summed E-state index contributed by atoms with van der Waals surface area (Å²) in [5, 5.41) is 1.10. The molecule has 3 nitrogen and oxygen atoms in total. The number of nitrogens with zero attached hydrogens (tertiary/aromatic N) is 3. The van der Waals surface area contributed by atoms with E-state index in [1.807, 2.05) is 42.5 Å². The molecule has 1 heterocycles. The molecule has 0 amide bonds. The van der Waals surface area contributed by atoms with E-state index in [4.69, 9.17) is 9.97 Å². The van der Waals surface area contributed by atoms with Crippen LogP contribution in [0.25, 0.3) is 22.3 Å². The number of hydrogen-bond donors (Lipinski definition) is 0. The predicted octanol–water partition coefficient (Wildman–Crippen LogP) is 4.91.